The summed E-state index contributed by atoms with van der Waals surface area (Å²) in [5.74, 6) is -1.20. The highest BCUT2D eigenvalue weighted by molar-refractivity contribution is 8.00. The Kier molecular flexibility index (Phi) is 10.8. The van der Waals surface area contributed by atoms with Gasteiger partial charge in [-0.15, -0.1) is 23.1 Å². The molecule has 8 nitrogen and oxygen atoms in total. The van der Waals surface area contributed by atoms with Gasteiger partial charge in [0, 0.05) is 32.7 Å². The Morgan fingerprint density at radius 1 is 0.935 bits per heavy atom. The van der Waals surface area contributed by atoms with E-state index in [0.29, 0.717) is 16.4 Å². The summed E-state index contributed by atoms with van der Waals surface area (Å²) in [4.78, 5) is 44.0. The molecular formula is C34H26ClFN4O4S2. The predicted molar refractivity (Wildman–Crippen MR) is 182 cm³/mol. The van der Waals surface area contributed by atoms with Crippen LogP contribution in [0.5, 0.6) is 5.75 Å². The van der Waals surface area contributed by atoms with Crippen LogP contribution in [0.25, 0.3) is 17.3 Å². The number of nitrogens with zero attached hydrogens (tertiary/aromatic N) is 1. The molecule has 0 fully saturated rings. The van der Waals surface area contributed by atoms with E-state index in [1.165, 1.54) is 47.4 Å². The van der Waals surface area contributed by atoms with Gasteiger partial charge >= 0.3 is 0 Å². The maximum Gasteiger partial charge on any atom is 0.272 e. The second kappa shape index (κ2) is 15.3. The van der Waals surface area contributed by atoms with E-state index in [4.69, 9.17) is 16.3 Å². The Morgan fingerprint density at radius 2 is 1.67 bits per heavy atom. The quantitative estimate of drug-likeness (QED) is 0.0978. The van der Waals surface area contributed by atoms with Crippen molar-refractivity contribution >= 4 is 69.3 Å². The number of hydrogen-bond donors (Lipinski definition) is 3. The van der Waals surface area contributed by atoms with Crippen LogP contribution in [0, 0.1) is 5.82 Å². The van der Waals surface area contributed by atoms with Gasteiger partial charge in [-0.25, -0.2) is 9.37 Å². The summed E-state index contributed by atoms with van der Waals surface area (Å²) < 4.78 is 19.7. The van der Waals surface area contributed by atoms with Crippen molar-refractivity contribution in [3.8, 4) is 17.0 Å². The number of thioether (sulfide) groups is 1. The second-order valence-electron chi connectivity index (χ2n) is 9.60. The Hall–Kier alpha value is -4.97. The molecule has 12 heteroatoms. The van der Waals surface area contributed by atoms with E-state index in [1.807, 2.05) is 29.6 Å². The molecule has 0 aliphatic heterocycles. The molecule has 0 atom stereocenters. The summed E-state index contributed by atoms with van der Waals surface area (Å²) in [6.45, 7) is 0. The Bertz CT molecular complexity index is 1860. The molecule has 46 heavy (non-hydrogen) atoms. The summed E-state index contributed by atoms with van der Waals surface area (Å²) in [6.07, 6.45) is 1.19. The van der Waals surface area contributed by atoms with Crippen molar-refractivity contribution in [3.63, 3.8) is 0 Å². The van der Waals surface area contributed by atoms with Crippen LogP contribution in [0.4, 0.5) is 15.2 Å². The van der Waals surface area contributed by atoms with Crippen LogP contribution in [0.3, 0.4) is 0 Å². The van der Waals surface area contributed by atoms with Gasteiger partial charge in [0.05, 0.1) is 23.6 Å². The molecule has 0 saturated heterocycles. The summed E-state index contributed by atoms with van der Waals surface area (Å²) in [5, 5.41) is 10.5. The van der Waals surface area contributed by atoms with E-state index >= 15 is 0 Å². The molecule has 1 heterocycles. The third-order valence-corrected chi connectivity index (χ3v) is 8.53. The third kappa shape index (κ3) is 8.60. The molecule has 0 saturated carbocycles. The Labute approximate surface area is 277 Å². The Morgan fingerprint density at radius 3 is 2.37 bits per heavy atom. The highest BCUT2D eigenvalue weighted by atomic mass is 35.5. The van der Waals surface area contributed by atoms with E-state index in [1.54, 1.807) is 61.7 Å². The van der Waals surface area contributed by atoms with Gasteiger partial charge < -0.3 is 20.7 Å². The van der Waals surface area contributed by atoms with Crippen molar-refractivity contribution in [3.05, 3.63) is 130 Å². The first kappa shape index (κ1) is 32.4. The lowest BCUT2D eigenvalue weighted by molar-refractivity contribution is -0.114. The minimum atomic E-state index is -0.680. The van der Waals surface area contributed by atoms with Crippen molar-refractivity contribution < 1.29 is 23.5 Å². The molecule has 3 N–H and O–H groups in total. The monoisotopic (exact) mass is 672 g/mol. The molecule has 3 amide bonds. The zero-order chi connectivity index (χ0) is 32.5. The summed E-state index contributed by atoms with van der Waals surface area (Å²) >= 11 is 8.83. The number of anilines is 2. The molecule has 0 unspecified atom stereocenters. The first-order chi connectivity index (χ1) is 22.3. The number of rotatable bonds is 11. The number of amides is 3. The average Bonchev–Trinajstić information content (AvgIpc) is 3.54. The van der Waals surface area contributed by atoms with Gasteiger partial charge in [0.2, 0.25) is 5.91 Å². The minimum absolute atomic E-state index is 0.0394. The van der Waals surface area contributed by atoms with E-state index in [-0.39, 0.29) is 27.9 Å². The zero-order valence-corrected chi connectivity index (χ0v) is 26.6. The summed E-state index contributed by atoms with van der Waals surface area (Å²) in [6, 6.07) is 26.8. The maximum atomic E-state index is 14.5. The maximum absolute atomic E-state index is 14.5. The van der Waals surface area contributed by atoms with Gasteiger partial charge in [0.15, 0.2) is 5.13 Å². The average molecular weight is 673 g/mol. The largest absolute Gasteiger partial charge is 0.497 e. The van der Waals surface area contributed by atoms with Gasteiger partial charge in [-0.05, 0) is 78.9 Å². The molecule has 0 radical (unpaired) electrons. The van der Waals surface area contributed by atoms with E-state index in [0.717, 1.165) is 21.9 Å². The number of benzene rings is 4. The van der Waals surface area contributed by atoms with Crippen LogP contribution in [-0.4, -0.2) is 35.6 Å². The highest BCUT2D eigenvalue weighted by Gasteiger charge is 2.17. The number of carbonyl (C=O) groups excluding carboxylic acids is 3. The predicted octanol–water partition coefficient (Wildman–Crippen LogP) is 7.75. The molecule has 5 rings (SSSR count). The Balaban J connectivity index is 1.20. The molecule has 0 aliphatic rings. The van der Waals surface area contributed by atoms with Crippen LogP contribution < -0.4 is 20.7 Å². The van der Waals surface area contributed by atoms with Crippen LogP contribution >= 0.6 is 34.7 Å². The minimum Gasteiger partial charge on any atom is -0.497 e. The molecule has 0 bridgehead atoms. The number of nitrogens with one attached hydrogen (secondary N) is 3. The number of halogens is 2. The second-order valence-corrected chi connectivity index (χ2v) is 11.9. The molecule has 4 aromatic carbocycles. The first-order valence-corrected chi connectivity index (χ1v) is 16.0. The first-order valence-electron chi connectivity index (χ1n) is 13.7. The molecule has 5 aromatic rings. The van der Waals surface area contributed by atoms with Crippen molar-refractivity contribution in [2.75, 3.05) is 23.5 Å². The van der Waals surface area contributed by atoms with Crippen LogP contribution in [0.15, 0.2) is 113 Å². The lowest BCUT2D eigenvalue weighted by Gasteiger charge is -2.12. The number of ether oxygens (including phenoxy) is 1. The molecular weight excluding hydrogens is 647 g/mol. The van der Waals surface area contributed by atoms with Crippen molar-refractivity contribution in [1.29, 1.82) is 0 Å². The third-order valence-electron chi connectivity index (χ3n) is 6.44. The lowest BCUT2D eigenvalue weighted by Crippen LogP contribution is -2.30. The van der Waals surface area contributed by atoms with Crippen molar-refractivity contribution in [2.24, 2.45) is 0 Å². The molecule has 0 spiro atoms. The van der Waals surface area contributed by atoms with Crippen molar-refractivity contribution in [2.45, 2.75) is 4.90 Å². The standard InChI is InChI=1S/C34H26ClFN4O4S2/c1-44-24-14-10-21(11-15-24)30-19-46-34(39-30)40-31(41)20-45-25-16-12-23(13-17-25)37-33(43)29(18-26-27(35)8-5-9-28(26)36)38-32(42)22-6-3-2-4-7-22/h2-19H,20H2,1H3,(H,37,43)(H,38,42)(H,39,40,41)/b29-18-. The van der Waals surface area contributed by atoms with Crippen LogP contribution in [0.1, 0.15) is 15.9 Å². The van der Waals surface area contributed by atoms with E-state index < -0.39 is 17.6 Å². The van der Waals surface area contributed by atoms with Gasteiger partial charge in [-0.3, -0.25) is 14.4 Å². The lowest BCUT2D eigenvalue weighted by atomic mass is 10.1. The number of hydrogen-bond acceptors (Lipinski definition) is 7. The van der Waals surface area contributed by atoms with Gasteiger partial charge in [-0.2, -0.15) is 0 Å². The van der Waals surface area contributed by atoms with Gasteiger partial charge in [-0.1, -0.05) is 35.9 Å². The van der Waals surface area contributed by atoms with E-state index in [9.17, 15) is 18.8 Å². The highest BCUT2D eigenvalue weighted by Crippen LogP contribution is 2.27. The number of aromatic nitrogens is 1. The zero-order valence-electron chi connectivity index (χ0n) is 24.3. The number of thiazole rings is 1. The van der Waals surface area contributed by atoms with Gasteiger partial charge in [0.1, 0.15) is 17.3 Å². The fourth-order valence-electron chi connectivity index (χ4n) is 4.10. The molecule has 232 valence electrons. The normalized spacial score (nSPS) is 11.1. The fraction of sp³-hybridized carbons (Fsp3) is 0.0588. The number of methoxy groups -OCH3 is 1. The summed E-state index contributed by atoms with van der Waals surface area (Å²) in [5.41, 5.74) is 2.17. The van der Waals surface area contributed by atoms with Gasteiger partial charge in [0.25, 0.3) is 11.8 Å². The molecule has 0 aliphatic carbocycles. The van der Waals surface area contributed by atoms with Crippen LogP contribution in [-0.2, 0) is 9.59 Å². The van der Waals surface area contributed by atoms with E-state index in [2.05, 4.69) is 20.9 Å². The number of carbonyl (C=O) groups is 3. The SMILES string of the molecule is COc1ccc(-c2csc(NC(=O)CSc3ccc(NC(=O)/C(=C/c4c(F)cccc4Cl)NC(=O)c4ccccc4)cc3)n2)cc1. The topological polar surface area (TPSA) is 109 Å². The molecule has 1 aromatic heterocycles. The summed E-state index contributed by atoms with van der Waals surface area (Å²) in [7, 11) is 1.61. The van der Waals surface area contributed by atoms with Crippen molar-refractivity contribution in [1.82, 2.24) is 10.3 Å². The fourth-order valence-corrected chi connectivity index (χ4v) is 5.75. The van der Waals surface area contributed by atoms with Crippen LogP contribution in [0.2, 0.25) is 5.02 Å². The smallest absolute Gasteiger partial charge is 0.272 e.